The number of ether oxygens (including phenoxy) is 1. The number of nitrogens with zero attached hydrogens (tertiary/aromatic N) is 1. The van der Waals surface area contributed by atoms with E-state index < -0.39 is 5.41 Å². The van der Waals surface area contributed by atoms with E-state index >= 15 is 0 Å². The van der Waals surface area contributed by atoms with Crippen molar-refractivity contribution in [2.45, 2.75) is 51.7 Å². The van der Waals surface area contributed by atoms with Crippen LogP contribution in [-0.4, -0.2) is 34.8 Å². The highest BCUT2D eigenvalue weighted by molar-refractivity contribution is 5.87. The van der Waals surface area contributed by atoms with Crippen molar-refractivity contribution in [1.82, 2.24) is 10.3 Å². The highest BCUT2D eigenvalue weighted by atomic mass is 16.5. The molecule has 0 aliphatic heterocycles. The van der Waals surface area contributed by atoms with Crippen LogP contribution in [0.25, 0.3) is 10.8 Å². The Bertz CT molecular complexity index is 731. The van der Waals surface area contributed by atoms with Gasteiger partial charge in [0.05, 0.1) is 18.1 Å². The van der Waals surface area contributed by atoms with Gasteiger partial charge in [0.25, 0.3) is 0 Å². The number of rotatable bonds is 5. The standard InChI is InChI=1S/C20H26N2O3/c1-20(2,13-23)19(24)22-15-6-8-16(9-7-15)25-18-5-3-4-14-12-21-11-10-17(14)18/h3-5,10-12,15-16,23H,6-9,13H2,1-2H3,(H,22,24). The average Bonchev–Trinajstić information content (AvgIpc) is 2.63. The van der Waals surface area contributed by atoms with Gasteiger partial charge >= 0.3 is 0 Å². The number of carbonyl (C=O) groups excluding carboxylic acids is 1. The maximum absolute atomic E-state index is 12.2. The largest absolute Gasteiger partial charge is 0.490 e. The van der Waals surface area contributed by atoms with Crippen LogP contribution in [0.5, 0.6) is 5.75 Å². The van der Waals surface area contributed by atoms with Gasteiger partial charge < -0.3 is 15.2 Å². The van der Waals surface area contributed by atoms with Gasteiger partial charge in [-0.2, -0.15) is 0 Å². The number of aliphatic hydroxyl groups excluding tert-OH is 1. The molecule has 2 N–H and O–H groups in total. The molecular weight excluding hydrogens is 316 g/mol. The maximum atomic E-state index is 12.2. The van der Waals surface area contributed by atoms with E-state index in [2.05, 4.69) is 10.3 Å². The van der Waals surface area contributed by atoms with Crippen LogP contribution in [-0.2, 0) is 4.79 Å². The number of hydrogen-bond acceptors (Lipinski definition) is 4. The number of pyridine rings is 1. The maximum Gasteiger partial charge on any atom is 0.228 e. The summed E-state index contributed by atoms with van der Waals surface area (Å²) in [6, 6.07) is 8.16. The summed E-state index contributed by atoms with van der Waals surface area (Å²) in [7, 11) is 0. The van der Waals surface area contributed by atoms with Crippen molar-refractivity contribution in [3.8, 4) is 5.75 Å². The molecule has 2 aromatic rings. The Kier molecular flexibility index (Phi) is 5.23. The molecule has 1 saturated carbocycles. The van der Waals surface area contributed by atoms with Crippen molar-refractivity contribution in [1.29, 1.82) is 0 Å². The van der Waals surface area contributed by atoms with E-state index in [-0.39, 0.29) is 24.7 Å². The van der Waals surface area contributed by atoms with Crippen molar-refractivity contribution in [2.24, 2.45) is 5.41 Å². The monoisotopic (exact) mass is 342 g/mol. The number of fused-ring (bicyclic) bond motifs is 1. The summed E-state index contributed by atoms with van der Waals surface area (Å²) < 4.78 is 6.23. The molecule has 1 aromatic carbocycles. The molecule has 0 unspecified atom stereocenters. The van der Waals surface area contributed by atoms with Gasteiger partial charge in [-0.05, 0) is 51.7 Å². The van der Waals surface area contributed by atoms with Gasteiger partial charge in [-0.3, -0.25) is 9.78 Å². The molecule has 1 aromatic heterocycles. The molecule has 0 bridgehead atoms. The number of carbonyl (C=O) groups is 1. The SMILES string of the molecule is CC(C)(CO)C(=O)NC1CCC(Oc2cccc3cnccc23)CC1. The Balaban J connectivity index is 1.57. The molecule has 1 aliphatic rings. The predicted molar refractivity (Wildman–Crippen MR) is 97.4 cm³/mol. The van der Waals surface area contributed by atoms with E-state index in [4.69, 9.17) is 4.74 Å². The lowest BCUT2D eigenvalue weighted by Crippen LogP contribution is -2.46. The molecule has 1 aliphatic carbocycles. The minimum absolute atomic E-state index is 0.0825. The third-order valence-corrected chi connectivity index (χ3v) is 4.95. The van der Waals surface area contributed by atoms with Crippen LogP contribution in [0.2, 0.25) is 0 Å². The summed E-state index contributed by atoms with van der Waals surface area (Å²) in [5.74, 6) is 0.815. The van der Waals surface area contributed by atoms with Crippen LogP contribution < -0.4 is 10.1 Å². The van der Waals surface area contributed by atoms with E-state index in [1.165, 1.54) is 0 Å². The minimum Gasteiger partial charge on any atom is -0.490 e. The van der Waals surface area contributed by atoms with E-state index in [0.29, 0.717) is 0 Å². The summed E-state index contributed by atoms with van der Waals surface area (Å²) in [6.45, 7) is 3.37. The summed E-state index contributed by atoms with van der Waals surface area (Å²) in [5, 5.41) is 14.5. The topological polar surface area (TPSA) is 71.5 Å². The fraction of sp³-hybridized carbons (Fsp3) is 0.500. The summed E-state index contributed by atoms with van der Waals surface area (Å²) >= 11 is 0. The van der Waals surface area contributed by atoms with Gasteiger partial charge in [0.1, 0.15) is 5.75 Å². The van der Waals surface area contributed by atoms with Crippen LogP contribution >= 0.6 is 0 Å². The molecule has 0 saturated heterocycles. The normalized spacial score (nSPS) is 21.1. The highest BCUT2D eigenvalue weighted by Gasteiger charge is 2.30. The molecular formula is C20H26N2O3. The lowest BCUT2D eigenvalue weighted by molar-refractivity contribution is -0.132. The highest BCUT2D eigenvalue weighted by Crippen LogP contribution is 2.29. The zero-order valence-corrected chi connectivity index (χ0v) is 14.9. The lowest BCUT2D eigenvalue weighted by Gasteiger charge is -2.32. The van der Waals surface area contributed by atoms with Crippen molar-refractivity contribution in [3.05, 3.63) is 36.7 Å². The lowest BCUT2D eigenvalue weighted by atomic mass is 9.89. The molecule has 25 heavy (non-hydrogen) atoms. The number of aromatic nitrogens is 1. The Hall–Kier alpha value is -2.14. The van der Waals surface area contributed by atoms with Crippen molar-refractivity contribution < 1.29 is 14.6 Å². The average molecular weight is 342 g/mol. The molecule has 3 rings (SSSR count). The molecule has 5 heteroatoms. The fourth-order valence-corrected chi connectivity index (χ4v) is 3.15. The molecule has 1 amide bonds. The first-order valence-electron chi connectivity index (χ1n) is 8.91. The number of amides is 1. The van der Waals surface area contributed by atoms with Crippen molar-refractivity contribution in [3.63, 3.8) is 0 Å². The van der Waals surface area contributed by atoms with Gasteiger partial charge in [0.15, 0.2) is 0 Å². The quantitative estimate of drug-likeness (QED) is 0.876. The van der Waals surface area contributed by atoms with Crippen LogP contribution in [0.1, 0.15) is 39.5 Å². The third-order valence-electron chi connectivity index (χ3n) is 4.95. The van der Waals surface area contributed by atoms with Crippen molar-refractivity contribution >= 4 is 16.7 Å². The smallest absolute Gasteiger partial charge is 0.228 e. The molecule has 5 nitrogen and oxygen atoms in total. The molecule has 0 spiro atoms. The van der Waals surface area contributed by atoms with Gasteiger partial charge in [-0.1, -0.05) is 12.1 Å². The van der Waals surface area contributed by atoms with Crippen LogP contribution in [0.3, 0.4) is 0 Å². The summed E-state index contributed by atoms with van der Waals surface area (Å²) in [6.07, 6.45) is 7.40. The van der Waals surface area contributed by atoms with Crippen LogP contribution in [0.15, 0.2) is 36.7 Å². The van der Waals surface area contributed by atoms with E-state index in [0.717, 1.165) is 42.2 Å². The summed E-state index contributed by atoms with van der Waals surface area (Å²) in [5.41, 5.74) is -0.732. The third kappa shape index (κ3) is 4.10. The van der Waals surface area contributed by atoms with Gasteiger partial charge in [-0.15, -0.1) is 0 Å². The van der Waals surface area contributed by atoms with Crippen LogP contribution in [0, 0.1) is 5.41 Å². The first-order chi connectivity index (χ1) is 12.0. The van der Waals surface area contributed by atoms with E-state index in [9.17, 15) is 9.90 Å². The Labute approximate surface area is 148 Å². The second-order valence-electron chi connectivity index (χ2n) is 7.46. The van der Waals surface area contributed by atoms with Crippen molar-refractivity contribution in [2.75, 3.05) is 6.61 Å². The van der Waals surface area contributed by atoms with Gasteiger partial charge in [-0.25, -0.2) is 0 Å². The van der Waals surface area contributed by atoms with Crippen LogP contribution in [0.4, 0.5) is 0 Å². The summed E-state index contributed by atoms with van der Waals surface area (Å²) in [4.78, 5) is 16.3. The Morgan fingerprint density at radius 2 is 2.04 bits per heavy atom. The second kappa shape index (κ2) is 7.40. The zero-order valence-electron chi connectivity index (χ0n) is 14.9. The van der Waals surface area contributed by atoms with E-state index in [1.54, 1.807) is 20.0 Å². The number of hydrogen-bond donors (Lipinski definition) is 2. The molecule has 0 atom stereocenters. The predicted octanol–water partition coefficient (Wildman–Crippen LogP) is 3.06. The Morgan fingerprint density at radius 3 is 2.76 bits per heavy atom. The molecule has 0 radical (unpaired) electrons. The van der Waals surface area contributed by atoms with Gasteiger partial charge in [0, 0.05) is 29.2 Å². The first kappa shape index (κ1) is 17.7. The second-order valence-corrected chi connectivity index (χ2v) is 7.46. The van der Waals surface area contributed by atoms with E-state index in [1.807, 2.05) is 30.5 Å². The number of aliphatic hydroxyl groups is 1. The fourth-order valence-electron chi connectivity index (χ4n) is 3.15. The minimum atomic E-state index is -0.732. The molecule has 1 fully saturated rings. The molecule has 134 valence electrons. The Morgan fingerprint density at radius 1 is 1.28 bits per heavy atom. The first-order valence-corrected chi connectivity index (χ1v) is 8.91. The zero-order chi connectivity index (χ0) is 17.9. The number of benzene rings is 1. The number of nitrogens with one attached hydrogen (secondary N) is 1. The molecule has 1 heterocycles. The van der Waals surface area contributed by atoms with Gasteiger partial charge in [0.2, 0.25) is 5.91 Å².